The predicted octanol–water partition coefficient (Wildman–Crippen LogP) is 6.45. The second-order valence-electron chi connectivity index (χ2n) is 9.78. The van der Waals surface area contributed by atoms with Gasteiger partial charge in [0.15, 0.2) is 0 Å². The minimum absolute atomic E-state index is 0.0216. The third-order valence-corrected chi connectivity index (χ3v) is 6.40. The number of hydrogen-bond donors (Lipinski definition) is 1. The number of anilines is 1. The van der Waals surface area contributed by atoms with Crippen LogP contribution in [-0.4, -0.2) is 36.6 Å². The van der Waals surface area contributed by atoms with Gasteiger partial charge in [-0.15, -0.1) is 0 Å². The lowest BCUT2D eigenvalue weighted by molar-refractivity contribution is -0.132. The van der Waals surface area contributed by atoms with E-state index in [1.54, 1.807) is 54.6 Å². The Morgan fingerprint density at radius 1 is 0.872 bits per heavy atom. The lowest BCUT2D eigenvalue weighted by Gasteiger charge is -2.26. The zero-order valence-electron chi connectivity index (χ0n) is 23.1. The van der Waals surface area contributed by atoms with Gasteiger partial charge in [-0.3, -0.25) is 14.5 Å². The van der Waals surface area contributed by atoms with Crippen molar-refractivity contribution in [3.05, 3.63) is 89.0 Å². The Kier molecular flexibility index (Phi) is 8.59. The van der Waals surface area contributed by atoms with Crippen molar-refractivity contribution in [1.29, 1.82) is 0 Å². The number of nitrogens with zero attached hydrogens (tertiary/aromatic N) is 1. The number of carbonyl (C=O) groups excluding carboxylic acids is 2. The van der Waals surface area contributed by atoms with Crippen LogP contribution in [0.15, 0.2) is 72.3 Å². The van der Waals surface area contributed by atoms with Gasteiger partial charge in [-0.05, 0) is 92.4 Å². The molecule has 4 rings (SSSR count). The predicted molar refractivity (Wildman–Crippen MR) is 152 cm³/mol. The van der Waals surface area contributed by atoms with E-state index in [9.17, 15) is 14.7 Å². The average molecular weight is 530 g/mol. The van der Waals surface area contributed by atoms with Gasteiger partial charge >= 0.3 is 0 Å². The second kappa shape index (κ2) is 12.1. The smallest absolute Gasteiger partial charge is 0.300 e. The van der Waals surface area contributed by atoms with Crippen molar-refractivity contribution in [2.75, 3.05) is 24.7 Å². The summed E-state index contributed by atoms with van der Waals surface area (Å²) in [6.07, 6.45) is 0. The number of hydrogen-bond acceptors (Lipinski definition) is 6. The molecule has 1 unspecified atom stereocenters. The molecule has 0 aromatic heterocycles. The molecule has 1 heterocycles. The SMILES string of the molecule is CCOc1ccc(C2/C(=C(/O)c3ccc(OCC(C)C)c(C)c3)C(=O)C(=O)N2c2ccc(OCC)cc2)cc1. The maximum absolute atomic E-state index is 13.5. The fraction of sp³-hybridized carbons (Fsp3) is 0.312. The number of benzene rings is 3. The van der Waals surface area contributed by atoms with Gasteiger partial charge in [0, 0.05) is 11.3 Å². The molecule has 0 radical (unpaired) electrons. The van der Waals surface area contributed by atoms with Crippen LogP contribution in [0.2, 0.25) is 0 Å². The molecule has 1 aliphatic heterocycles. The zero-order chi connectivity index (χ0) is 28.1. The first kappa shape index (κ1) is 27.8. The molecule has 0 aliphatic carbocycles. The van der Waals surface area contributed by atoms with Crippen molar-refractivity contribution in [1.82, 2.24) is 0 Å². The number of aliphatic hydroxyl groups is 1. The summed E-state index contributed by atoms with van der Waals surface area (Å²) in [6, 6.07) is 18.6. The summed E-state index contributed by atoms with van der Waals surface area (Å²) in [7, 11) is 0. The van der Waals surface area contributed by atoms with Gasteiger partial charge in [0.25, 0.3) is 11.7 Å². The van der Waals surface area contributed by atoms with Gasteiger partial charge in [0.05, 0.1) is 31.4 Å². The third-order valence-electron chi connectivity index (χ3n) is 6.40. The standard InChI is InChI=1S/C32H35NO6/c1-6-37-25-13-8-22(9-14-25)29-28(30(34)23-10-17-27(21(5)18-23)39-19-20(3)4)31(35)32(36)33(29)24-11-15-26(16-12-24)38-7-2/h8-18,20,29,34H,6-7,19H2,1-5H3/b30-28-. The molecule has 204 valence electrons. The number of rotatable bonds is 10. The van der Waals surface area contributed by atoms with E-state index in [0.717, 1.165) is 5.56 Å². The van der Waals surface area contributed by atoms with Gasteiger partial charge < -0.3 is 19.3 Å². The molecule has 1 amide bonds. The van der Waals surface area contributed by atoms with Crippen molar-refractivity contribution in [3.8, 4) is 17.2 Å². The number of carbonyl (C=O) groups is 2. The van der Waals surface area contributed by atoms with Crippen LogP contribution in [0.3, 0.4) is 0 Å². The van der Waals surface area contributed by atoms with Crippen molar-refractivity contribution in [2.24, 2.45) is 5.92 Å². The Morgan fingerprint density at radius 3 is 2.00 bits per heavy atom. The Hall–Kier alpha value is -4.26. The molecular formula is C32H35NO6. The van der Waals surface area contributed by atoms with E-state index in [1.165, 1.54) is 4.90 Å². The van der Waals surface area contributed by atoms with Crippen LogP contribution in [0.5, 0.6) is 17.2 Å². The van der Waals surface area contributed by atoms with Gasteiger partial charge in [0.1, 0.15) is 23.0 Å². The second-order valence-corrected chi connectivity index (χ2v) is 9.78. The molecule has 1 atom stereocenters. The molecule has 3 aromatic carbocycles. The Balaban J connectivity index is 1.81. The summed E-state index contributed by atoms with van der Waals surface area (Å²) in [5.74, 6) is 0.700. The van der Waals surface area contributed by atoms with Crippen LogP contribution >= 0.6 is 0 Å². The minimum atomic E-state index is -0.837. The summed E-state index contributed by atoms with van der Waals surface area (Å²) in [5, 5.41) is 11.5. The fourth-order valence-electron chi connectivity index (χ4n) is 4.57. The molecule has 39 heavy (non-hydrogen) atoms. The number of amides is 1. The van der Waals surface area contributed by atoms with Gasteiger partial charge in [-0.1, -0.05) is 26.0 Å². The molecular weight excluding hydrogens is 494 g/mol. The highest BCUT2D eigenvalue weighted by molar-refractivity contribution is 6.51. The van der Waals surface area contributed by atoms with Crippen molar-refractivity contribution >= 4 is 23.1 Å². The molecule has 3 aromatic rings. The van der Waals surface area contributed by atoms with Gasteiger partial charge in [0.2, 0.25) is 0 Å². The maximum atomic E-state index is 13.5. The van der Waals surface area contributed by atoms with Crippen LogP contribution in [-0.2, 0) is 9.59 Å². The van der Waals surface area contributed by atoms with Gasteiger partial charge in [-0.25, -0.2) is 0 Å². The van der Waals surface area contributed by atoms with E-state index in [2.05, 4.69) is 13.8 Å². The largest absolute Gasteiger partial charge is 0.507 e. The van der Waals surface area contributed by atoms with Crippen LogP contribution in [0, 0.1) is 12.8 Å². The highest BCUT2D eigenvalue weighted by atomic mass is 16.5. The summed E-state index contributed by atoms with van der Waals surface area (Å²) < 4.78 is 17.0. The first-order chi connectivity index (χ1) is 18.7. The molecule has 1 saturated heterocycles. The maximum Gasteiger partial charge on any atom is 0.300 e. The molecule has 0 saturated carbocycles. The Morgan fingerprint density at radius 2 is 1.46 bits per heavy atom. The molecule has 7 nitrogen and oxygen atoms in total. The van der Waals surface area contributed by atoms with E-state index in [0.29, 0.717) is 59.8 Å². The molecule has 0 spiro atoms. The first-order valence-corrected chi connectivity index (χ1v) is 13.3. The number of Topliss-reactive ketones (excluding diaryl/α,β-unsaturated/α-hetero) is 1. The van der Waals surface area contributed by atoms with E-state index < -0.39 is 17.7 Å². The Bertz CT molecular complexity index is 1360. The Labute approximate surface area is 229 Å². The molecule has 7 heteroatoms. The van der Waals surface area contributed by atoms with Crippen molar-refractivity contribution in [2.45, 2.75) is 40.7 Å². The number of ether oxygens (including phenoxy) is 3. The highest BCUT2D eigenvalue weighted by Gasteiger charge is 2.47. The summed E-state index contributed by atoms with van der Waals surface area (Å²) in [6.45, 7) is 11.4. The molecule has 1 N–H and O–H groups in total. The third kappa shape index (κ3) is 5.93. The van der Waals surface area contributed by atoms with Crippen molar-refractivity contribution < 1.29 is 28.9 Å². The normalized spacial score (nSPS) is 16.6. The van der Waals surface area contributed by atoms with Gasteiger partial charge in [-0.2, -0.15) is 0 Å². The van der Waals surface area contributed by atoms with Crippen LogP contribution in [0.1, 0.15) is 50.4 Å². The van der Waals surface area contributed by atoms with E-state index in [4.69, 9.17) is 14.2 Å². The quantitative estimate of drug-likeness (QED) is 0.184. The summed E-state index contributed by atoms with van der Waals surface area (Å²) in [5.41, 5.74) is 2.46. The van der Waals surface area contributed by atoms with E-state index >= 15 is 0 Å². The fourth-order valence-corrected chi connectivity index (χ4v) is 4.57. The molecule has 1 fully saturated rings. The summed E-state index contributed by atoms with van der Waals surface area (Å²) >= 11 is 0. The first-order valence-electron chi connectivity index (χ1n) is 13.3. The molecule has 1 aliphatic rings. The van der Waals surface area contributed by atoms with Crippen LogP contribution < -0.4 is 19.1 Å². The lowest BCUT2D eigenvalue weighted by Crippen LogP contribution is -2.29. The minimum Gasteiger partial charge on any atom is -0.507 e. The summed E-state index contributed by atoms with van der Waals surface area (Å²) in [4.78, 5) is 28.3. The zero-order valence-corrected chi connectivity index (χ0v) is 23.1. The number of ketones is 1. The monoisotopic (exact) mass is 529 g/mol. The van der Waals surface area contributed by atoms with Crippen LogP contribution in [0.4, 0.5) is 5.69 Å². The highest BCUT2D eigenvalue weighted by Crippen LogP contribution is 2.43. The van der Waals surface area contributed by atoms with E-state index in [-0.39, 0.29) is 11.3 Å². The van der Waals surface area contributed by atoms with E-state index in [1.807, 2.05) is 32.9 Å². The van der Waals surface area contributed by atoms with Crippen molar-refractivity contribution in [3.63, 3.8) is 0 Å². The number of aryl methyl sites for hydroxylation is 1. The topological polar surface area (TPSA) is 85.3 Å². The average Bonchev–Trinajstić information content (AvgIpc) is 3.19. The number of aliphatic hydroxyl groups excluding tert-OH is 1. The lowest BCUT2D eigenvalue weighted by atomic mass is 9.94. The van der Waals surface area contributed by atoms with Crippen LogP contribution in [0.25, 0.3) is 5.76 Å². The molecule has 0 bridgehead atoms.